The van der Waals surface area contributed by atoms with Gasteiger partial charge in [-0.2, -0.15) is 0 Å². The van der Waals surface area contributed by atoms with E-state index in [4.69, 9.17) is 9.05 Å². The average molecular weight is 1010 g/mol. The van der Waals surface area contributed by atoms with Gasteiger partial charge < -0.3 is 28.8 Å². The van der Waals surface area contributed by atoms with E-state index >= 15 is 0 Å². The van der Waals surface area contributed by atoms with Crippen LogP contribution in [0, 0.1) is 0 Å². The maximum Gasteiger partial charge on any atom is 0.268 e. The number of unbranched alkanes of at least 4 members (excludes halogenated alkanes) is 42. The Kier molecular flexibility index (Phi) is 52.1. The summed E-state index contributed by atoms with van der Waals surface area (Å²) >= 11 is 0. The maximum absolute atomic E-state index is 13.0. The van der Waals surface area contributed by atoms with Crippen molar-refractivity contribution in [1.29, 1.82) is 0 Å². The number of nitrogens with zero attached hydrogens (tertiary/aromatic N) is 1. The third kappa shape index (κ3) is 54.7. The first-order valence-electron chi connectivity index (χ1n) is 30.7. The minimum absolute atomic E-state index is 0.00359. The Labute approximate surface area is 436 Å². The van der Waals surface area contributed by atoms with Crippen LogP contribution in [0.25, 0.3) is 0 Å². The van der Waals surface area contributed by atoms with Crippen molar-refractivity contribution in [2.75, 3.05) is 40.9 Å². The summed E-state index contributed by atoms with van der Waals surface area (Å²) in [5.41, 5.74) is 0. The molecule has 9 heteroatoms. The topological polar surface area (TPSA) is 108 Å². The van der Waals surface area contributed by atoms with Crippen molar-refractivity contribution in [3.05, 3.63) is 24.3 Å². The summed E-state index contributed by atoms with van der Waals surface area (Å²) in [6.07, 6.45) is 67.0. The minimum Gasteiger partial charge on any atom is -0.756 e. The van der Waals surface area contributed by atoms with E-state index in [0.717, 1.165) is 38.5 Å². The lowest BCUT2D eigenvalue weighted by Crippen LogP contribution is -2.45. The van der Waals surface area contributed by atoms with Gasteiger partial charge in [-0.3, -0.25) is 9.36 Å². The molecule has 8 nitrogen and oxygen atoms in total. The first-order chi connectivity index (χ1) is 34.0. The quantitative estimate of drug-likeness (QED) is 0.0272. The first kappa shape index (κ1) is 69.0. The molecule has 0 aromatic heterocycles. The molecule has 2 N–H and O–H groups in total. The number of rotatable bonds is 57. The highest BCUT2D eigenvalue weighted by molar-refractivity contribution is 7.45. The van der Waals surface area contributed by atoms with Crippen LogP contribution in [0.2, 0.25) is 0 Å². The maximum atomic E-state index is 13.0. The van der Waals surface area contributed by atoms with E-state index < -0.39 is 20.0 Å². The number of amides is 1. The van der Waals surface area contributed by atoms with Crippen molar-refractivity contribution in [1.82, 2.24) is 5.32 Å². The summed E-state index contributed by atoms with van der Waals surface area (Å²) < 4.78 is 23.4. The Morgan fingerprint density at radius 2 is 0.800 bits per heavy atom. The summed E-state index contributed by atoms with van der Waals surface area (Å²) in [4.78, 5) is 25.5. The third-order valence-electron chi connectivity index (χ3n) is 14.2. The van der Waals surface area contributed by atoms with Crippen molar-refractivity contribution >= 4 is 13.7 Å². The molecule has 0 aliphatic heterocycles. The molecule has 0 saturated carbocycles. The fourth-order valence-corrected chi connectivity index (χ4v) is 10.1. The lowest BCUT2D eigenvalue weighted by molar-refractivity contribution is -0.870. The van der Waals surface area contributed by atoms with E-state index in [-0.39, 0.29) is 19.1 Å². The van der Waals surface area contributed by atoms with Gasteiger partial charge in [0, 0.05) is 6.42 Å². The van der Waals surface area contributed by atoms with Crippen LogP contribution in [0.1, 0.15) is 309 Å². The minimum atomic E-state index is -4.60. The number of phosphoric acid groups is 1. The lowest BCUT2D eigenvalue weighted by Gasteiger charge is -2.29. The zero-order valence-electron chi connectivity index (χ0n) is 47.5. The first-order valence-corrected chi connectivity index (χ1v) is 32.2. The molecule has 70 heavy (non-hydrogen) atoms. The van der Waals surface area contributed by atoms with Crippen LogP contribution in [0.5, 0.6) is 0 Å². The van der Waals surface area contributed by atoms with Gasteiger partial charge in [0.05, 0.1) is 39.9 Å². The molecule has 1 amide bonds. The van der Waals surface area contributed by atoms with Crippen LogP contribution in [0.4, 0.5) is 0 Å². The van der Waals surface area contributed by atoms with E-state index in [2.05, 4.69) is 31.3 Å². The molecule has 0 aromatic carbocycles. The Morgan fingerprint density at radius 3 is 1.16 bits per heavy atom. The average Bonchev–Trinajstić information content (AvgIpc) is 3.32. The highest BCUT2D eigenvalue weighted by atomic mass is 31.2. The third-order valence-corrected chi connectivity index (χ3v) is 15.1. The predicted octanol–water partition coefficient (Wildman–Crippen LogP) is 18.1. The molecular formula is C61H121N2O6P. The van der Waals surface area contributed by atoms with E-state index in [0.29, 0.717) is 17.4 Å². The zero-order chi connectivity index (χ0) is 51.3. The summed E-state index contributed by atoms with van der Waals surface area (Å²) in [5.74, 6) is -0.200. The Morgan fingerprint density at radius 1 is 0.486 bits per heavy atom. The molecule has 0 saturated heterocycles. The van der Waals surface area contributed by atoms with Crippen LogP contribution < -0.4 is 10.2 Å². The smallest absolute Gasteiger partial charge is 0.268 e. The summed E-state index contributed by atoms with van der Waals surface area (Å²) in [7, 11) is 1.26. The highest BCUT2D eigenvalue weighted by Crippen LogP contribution is 2.38. The van der Waals surface area contributed by atoms with Gasteiger partial charge in [0.15, 0.2) is 0 Å². The predicted molar refractivity (Wildman–Crippen MR) is 302 cm³/mol. The van der Waals surface area contributed by atoms with Gasteiger partial charge in [0.1, 0.15) is 13.2 Å². The number of aliphatic hydroxyl groups excluding tert-OH is 1. The SMILES string of the molecule is CCCCCCCCCCCCCCCCCCCC/C=C/CC/C=C/C(O)C(COP(=O)([O-])OCC[N+](C)(C)C)NC(=O)CCCCCCCCCCCCCCCCCCCCCCCCCC. The molecule has 0 aliphatic rings. The number of nitrogens with one attached hydrogen (secondary N) is 1. The highest BCUT2D eigenvalue weighted by Gasteiger charge is 2.23. The van der Waals surface area contributed by atoms with Crippen molar-refractivity contribution < 1.29 is 32.9 Å². The number of likely N-dealkylation sites (N-methyl/N-ethyl adjacent to an activating group) is 1. The van der Waals surface area contributed by atoms with E-state index in [9.17, 15) is 19.4 Å². The molecule has 0 rings (SSSR count). The Bertz CT molecular complexity index is 1190. The van der Waals surface area contributed by atoms with Gasteiger partial charge >= 0.3 is 0 Å². The summed E-state index contributed by atoms with van der Waals surface area (Å²) in [5, 5.41) is 13.9. The zero-order valence-corrected chi connectivity index (χ0v) is 48.4. The number of aliphatic hydroxyl groups is 1. The lowest BCUT2D eigenvalue weighted by atomic mass is 10.0. The number of carbonyl (C=O) groups excluding carboxylic acids is 1. The van der Waals surface area contributed by atoms with E-state index in [1.165, 1.54) is 250 Å². The number of quaternary nitrogens is 1. The molecule has 3 unspecified atom stereocenters. The molecule has 0 heterocycles. The van der Waals surface area contributed by atoms with Crippen LogP contribution >= 0.6 is 7.82 Å². The van der Waals surface area contributed by atoms with Crippen molar-refractivity contribution in [2.24, 2.45) is 0 Å². The number of hydrogen-bond acceptors (Lipinski definition) is 6. The van der Waals surface area contributed by atoms with Gasteiger partial charge in [0.2, 0.25) is 5.91 Å². The Hall–Kier alpha value is -1.02. The van der Waals surface area contributed by atoms with Crippen LogP contribution in [-0.4, -0.2) is 68.5 Å². The molecule has 0 radical (unpaired) electrons. The van der Waals surface area contributed by atoms with Gasteiger partial charge in [-0.15, -0.1) is 0 Å². The summed E-state index contributed by atoms with van der Waals surface area (Å²) in [6.45, 7) is 4.68. The normalized spacial score (nSPS) is 14.0. The summed E-state index contributed by atoms with van der Waals surface area (Å²) in [6, 6.07) is -0.900. The second-order valence-corrected chi connectivity index (χ2v) is 23.8. The van der Waals surface area contributed by atoms with E-state index in [1.54, 1.807) is 6.08 Å². The number of hydrogen-bond donors (Lipinski definition) is 2. The second kappa shape index (κ2) is 52.8. The van der Waals surface area contributed by atoms with E-state index in [1.807, 2.05) is 27.2 Å². The standard InChI is InChI=1S/C61H121N2O6P/c1-6-8-10-12-14-16-18-20-22-24-26-28-30-32-34-36-38-40-42-44-46-48-50-52-54-60(64)59(58-69-70(66,67)68-57-56-63(3,4)5)62-61(65)55-53-51-49-47-45-43-41-39-37-35-33-31-29-27-25-23-21-19-17-15-13-11-9-7-2/h44,46,52,54,59-60,64H,6-43,45,47-51,53,55-58H2,1-5H3,(H-,62,65,66,67)/b46-44+,54-52+. The fraction of sp³-hybridized carbons (Fsp3) is 0.918. The molecule has 3 atom stereocenters. The molecule has 0 bridgehead atoms. The van der Waals surface area contributed by atoms with Crippen LogP contribution in [0.15, 0.2) is 24.3 Å². The monoisotopic (exact) mass is 1010 g/mol. The largest absolute Gasteiger partial charge is 0.756 e. The molecular weight excluding hydrogens is 888 g/mol. The van der Waals surface area contributed by atoms with Crippen LogP contribution in [-0.2, 0) is 18.4 Å². The Balaban J connectivity index is 4.18. The molecule has 0 aliphatic carbocycles. The van der Waals surface area contributed by atoms with Gasteiger partial charge in [0.25, 0.3) is 7.82 Å². The molecule has 416 valence electrons. The van der Waals surface area contributed by atoms with Crippen molar-refractivity contribution in [3.8, 4) is 0 Å². The molecule has 0 aromatic rings. The van der Waals surface area contributed by atoms with Crippen molar-refractivity contribution in [3.63, 3.8) is 0 Å². The number of carbonyl (C=O) groups is 1. The van der Waals surface area contributed by atoms with Crippen LogP contribution in [0.3, 0.4) is 0 Å². The van der Waals surface area contributed by atoms with Gasteiger partial charge in [-0.05, 0) is 32.1 Å². The molecule has 0 spiro atoms. The van der Waals surface area contributed by atoms with Gasteiger partial charge in [-0.25, -0.2) is 0 Å². The second-order valence-electron chi connectivity index (χ2n) is 22.4. The number of allylic oxidation sites excluding steroid dienone is 3. The van der Waals surface area contributed by atoms with Gasteiger partial charge in [-0.1, -0.05) is 295 Å². The fourth-order valence-electron chi connectivity index (χ4n) is 9.35. The number of phosphoric ester groups is 1. The molecule has 0 fully saturated rings. The van der Waals surface area contributed by atoms with Crippen molar-refractivity contribution in [2.45, 2.75) is 321 Å².